The highest BCUT2D eigenvalue weighted by atomic mass is 35.5. The molecule has 0 radical (unpaired) electrons. The summed E-state index contributed by atoms with van der Waals surface area (Å²) in [5.41, 5.74) is 0. The first-order valence-electron chi connectivity index (χ1n) is 7.17. The molecule has 2 rings (SSSR count). The van der Waals surface area contributed by atoms with E-state index in [2.05, 4.69) is 0 Å². The van der Waals surface area contributed by atoms with E-state index in [1.807, 2.05) is 0 Å². The van der Waals surface area contributed by atoms with E-state index in [0.717, 1.165) is 0 Å². The van der Waals surface area contributed by atoms with E-state index < -0.39 is 11.9 Å². The summed E-state index contributed by atoms with van der Waals surface area (Å²) in [6.07, 6.45) is 0.264. The van der Waals surface area contributed by atoms with Crippen molar-refractivity contribution in [2.45, 2.75) is 19.3 Å². The van der Waals surface area contributed by atoms with Gasteiger partial charge in [0.1, 0.15) is 5.75 Å². The van der Waals surface area contributed by atoms with Gasteiger partial charge in [0, 0.05) is 17.9 Å². The molecular formula is C17H12Cl4O4. The molecule has 0 heterocycles. The highest BCUT2D eigenvalue weighted by molar-refractivity contribution is 6.40. The smallest absolute Gasteiger partial charge is 0.311 e. The monoisotopic (exact) mass is 420 g/mol. The topological polar surface area (TPSA) is 52.6 Å². The largest absolute Gasteiger partial charge is 0.425 e. The molecule has 0 saturated carbocycles. The zero-order valence-electron chi connectivity index (χ0n) is 12.7. The number of para-hydroxylation sites is 1. The lowest BCUT2D eigenvalue weighted by molar-refractivity contribution is -0.136. The summed E-state index contributed by atoms with van der Waals surface area (Å²) >= 11 is 23.6. The number of carbonyl (C=O) groups excluding carboxylic acids is 2. The summed E-state index contributed by atoms with van der Waals surface area (Å²) in [5, 5.41) is 0.923. The van der Waals surface area contributed by atoms with Crippen molar-refractivity contribution in [2.24, 2.45) is 0 Å². The zero-order chi connectivity index (χ0) is 18.4. The molecule has 0 spiro atoms. The average molecular weight is 422 g/mol. The molecule has 0 bridgehead atoms. The average Bonchev–Trinajstić information content (AvgIpc) is 2.53. The van der Waals surface area contributed by atoms with Crippen molar-refractivity contribution in [1.29, 1.82) is 0 Å². The molecule has 8 heteroatoms. The predicted molar refractivity (Wildman–Crippen MR) is 98.0 cm³/mol. The van der Waals surface area contributed by atoms with Crippen molar-refractivity contribution in [3.8, 4) is 11.5 Å². The molecule has 132 valence electrons. The first-order chi connectivity index (χ1) is 11.9. The summed E-state index contributed by atoms with van der Waals surface area (Å²) in [5.74, 6) is -0.757. The van der Waals surface area contributed by atoms with Crippen molar-refractivity contribution in [1.82, 2.24) is 0 Å². The maximum atomic E-state index is 11.9. The fourth-order valence-electron chi connectivity index (χ4n) is 1.87. The molecule has 2 aromatic carbocycles. The van der Waals surface area contributed by atoms with E-state index >= 15 is 0 Å². The molecule has 0 aromatic heterocycles. The van der Waals surface area contributed by atoms with Gasteiger partial charge in [-0.15, -0.1) is 0 Å². The molecule has 0 aliphatic heterocycles. The SMILES string of the molecule is O=C(CCCC(=O)Oc1c(Cl)cc(Cl)cc1Cl)Oc1ccccc1Cl. The first kappa shape index (κ1) is 19.9. The molecule has 0 atom stereocenters. The van der Waals surface area contributed by atoms with Crippen LogP contribution >= 0.6 is 46.4 Å². The van der Waals surface area contributed by atoms with Crippen LogP contribution in [-0.2, 0) is 9.59 Å². The Bertz CT molecular complexity index is 769. The molecule has 4 nitrogen and oxygen atoms in total. The first-order valence-corrected chi connectivity index (χ1v) is 8.68. The molecule has 0 N–H and O–H groups in total. The van der Waals surface area contributed by atoms with Crippen molar-refractivity contribution in [2.75, 3.05) is 0 Å². The maximum Gasteiger partial charge on any atom is 0.311 e. The van der Waals surface area contributed by atoms with E-state index in [9.17, 15) is 9.59 Å². The number of benzene rings is 2. The molecule has 25 heavy (non-hydrogen) atoms. The number of ether oxygens (including phenoxy) is 2. The van der Waals surface area contributed by atoms with Gasteiger partial charge in [-0.1, -0.05) is 58.5 Å². The van der Waals surface area contributed by atoms with Gasteiger partial charge in [0.25, 0.3) is 0 Å². The van der Waals surface area contributed by atoms with Crippen LogP contribution in [0.1, 0.15) is 19.3 Å². The van der Waals surface area contributed by atoms with E-state index in [1.54, 1.807) is 24.3 Å². The second-order valence-electron chi connectivity index (χ2n) is 4.93. The van der Waals surface area contributed by atoms with Crippen LogP contribution in [0.3, 0.4) is 0 Å². The van der Waals surface area contributed by atoms with Crippen LogP contribution in [0.5, 0.6) is 11.5 Å². The van der Waals surface area contributed by atoms with Crippen molar-refractivity contribution < 1.29 is 19.1 Å². The Morgan fingerprint density at radius 3 is 1.96 bits per heavy atom. The lowest BCUT2D eigenvalue weighted by Crippen LogP contribution is -2.12. The minimum absolute atomic E-state index is 0.00704. The van der Waals surface area contributed by atoms with Gasteiger partial charge < -0.3 is 9.47 Å². The number of carbonyl (C=O) groups is 2. The highest BCUT2D eigenvalue weighted by Crippen LogP contribution is 2.36. The normalized spacial score (nSPS) is 10.4. The molecule has 0 fully saturated rings. The summed E-state index contributed by atoms with van der Waals surface area (Å²) in [6.45, 7) is 0. The van der Waals surface area contributed by atoms with Gasteiger partial charge in [-0.3, -0.25) is 9.59 Å². The summed E-state index contributed by atoms with van der Waals surface area (Å²) < 4.78 is 10.2. The second-order valence-corrected chi connectivity index (χ2v) is 6.59. The molecule has 0 amide bonds. The van der Waals surface area contributed by atoms with Crippen LogP contribution in [0.25, 0.3) is 0 Å². The quantitative estimate of drug-likeness (QED) is 0.425. The summed E-state index contributed by atoms with van der Waals surface area (Å²) in [6, 6.07) is 9.45. The Labute approximate surface area is 164 Å². The van der Waals surface area contributed by atoms with Crippen molar-refractivity contribution in [3.05, 3.63) is 56.5 Å². The third-order valence-electron chi connectivity index (χ3n) is 3.00. The van der Waals surface area contributed by atoms with E-state index in [-0.39, 0.29) is 40.8 Å². The van der Waals surface area contributed by atoms with Crippen molar-refractivity contribution in [3.63, 3.8) is 0 Å². The van der Waals surface area contributed by atoms with E-state index in [0.29, 0.717) is 10.0 Å². The van der Waals surface area contributed by atoms with Crippen LogP contribution in [-0.4, -0.2) is 11.9 Å². The van der Waals surface area contributed by atoms with Gasteiger partial charge in [0.15, 0.2) is 5.75 Å². The Morgan fingerprint density at radius 1 is 0.800 bits per heavy atom. The van der Waals surface area contributed by atoms with Crippen LogP contribution < -0.4 is 9.47 Å². The van der Waals surface area contributed by atoms with Crippen LogP contribution in [0.4, 0.5) is 0 Å². The van der Waals surface area contributed by atoms with Gasteiger partial charge in [-0.05, 0) is 30.7 Å². The van der Waals surface area contributed by atoms with Crippen molar-refractivity contribution >= 4 is 58.3 Å². The minimum atomic E-state index is -0.573. The number of rotatable bonds is 6. The second kappa shape index (κ2) is 9.30. The maximum absolute atomic E-state index is 11.9. The molecule has 0 unspecified atom stereocenters. The van der Waals surface area contributed by atoms with Crippen LogP contribution in [0, 0.1) is 0 Å². The standard InChI is InChI=1S/C17H12Cl4O4/c18-10-8-12(20)17(13(21)9-10)25-16(23)7-3-6-15(22)24-14-5-2-1-4-11(14)19/h1-2,4-5,8-9H,3,6-7H2. The lowest BCUT2D eigenvalue weighted by Gasteiger charge is -2.09. The fourth-order valence-corrected chi connectivity index (χ4v) is 2.94. The van der Waals surface area contributed by atoms with E-state index in [1.165, 1.54) is 12.1 Å². The van der Waals surface area contributed by atoms with Gasteiger partial charge in [0.05, 0.1) is 15.1 Å². The summed E-state index contributed by atoms with van der Waals surface area (Å²) in [4.78, 5) is 23.6. The van der Waals surface area contributed by atoms with Gasteiger partial charge in [-0.25, -0.2) is 0 Å². The minimum Gasteiger partial charge on any atom is -0.425 e. The third kappa shape index (κ3) is 6.08. The number of esters is 2. The Kier molecular flexibility index (Phi) is 7.38. The van der Waals surface area contributed by atoms with Crippen LogP contribution in [0.15, 0.2) is 36.4 Å². The third-order valence-corrected chi connectivity index (χ3v) is 4.09. The lowest BCUT2D eigenvalue weighted by atomic mass is 10.2. The molecule has 2 aromatic rings. The highest BCUT2D eigenvalue weighted by Gasteiger charge is 2.15. The van der Waals surface area contributed by atoms with Crippen LogP contribution in [0.2, 0.25) is 20.1 Å². The molecule has 0 saturated heterocycles. The number of halogens is 4. The summed E-state index contributed by atoms with van der Waals surface area (Å²) in [7, 11) is 0. The van der Waals surface area contributed by atoms with Gasteiger partial charge in [0.2, 0.25) is 0 Å². The number of hydrogen-bond acceptors (Lipinski definition) is 4. The van der Waals surface area contributed by atoms with Gasteiger partial charge in [-0.2, -0.15) is 0 Å². The predicted octanol–water partition coefficient (Wildman–Crippen LogP) is 5.98. The Balaban J connectivity index is 1.81. The van der Waals surface area contributed by atoms with Gasteiger partial charge >= 0.3 is 11.9 Å². The fraction of sp³-hybridized carbons (Fsp3) is 0.176. The number of hydrogen-bond donors (Lipinski definition) is 0. The zero-order valence-corrected chi connectivity index (χ0v) is 15.8. The molecule has 0 aliphatic rings. The van der Waals surface area contributed by atoms with E-state index in [4.69, 9.17) is 55.9 Å². The Morgan fingerprint density at radius 2 is 1.36 bits per heavy atom. The Hall–Kier alpha value is -1.46. The molecule has 0 aliphatic carbocycles. The molecular weight excluding hydrogens is 410 g/mol.